The SMILES string of the molecule is O=C(O)c1cncc(Oc2nccn(C3CC3)c2=O)c1. The highest BCUT2D eigenvalue weighted by atomic mass is 16.5. The third-order valence-electron chi connectivity index (χ3n) is 2.95. The van der Waals surface area contributed by atoms with Gasteiger partial charge in [0.25, 0.3) is 5.88 Å². The molecule has 7 heteroatoms. The molecule has 0 aromatic carbocycles. The first-order valence-electron chi connectivity index (χ1n) is 6.08. The van der Waals surface area contributed by atoms with Gasteiger partial charge in [-0.25, -0.2) is 9.78 Å². The summed E-state index contributed by atoms with van der Waals surface area (Å²) in [4.78, 5) is 30.6. The molecule has 0 atom stereocenters. The Morgan fingerprint density at radius 1 is 1.40 bits per heavy atom. The van der Waals surface area contributed by atoms with Gasteiger partial charge in [-0.2, -0.15) is 0 Å². The Morgan fingerprint density at radius 2 is 2.20 bits per heavy atom. The Bertz CT molecular complexity index is 722. The second-order valence-corrected chi connectivity index (χ2v) is 4.49. The highest BCUT2D eigenvalue weighted by Crippen LogP contribution is 2.33. The second kappa shape index (κ2) is 4.76. The van der Waals surface area contributed by atoms with Gasteiger partial charge in [-0.3, -0.25) is 9.78 Å². The van der Waals surface area contributed by atoms with Crippen molar-refractivity contribution < 1.29 is 14.6 Å². The molecular weight excluding hydrogens is 262 g/mol. The molecule has 20 heavy (non-hydrogen) atoms. The zero-order valence-electron chi connectivity index (χ0n) is 10.4. The van der Waals surface area contributed by atoms with Gasteiger partial charge in [0.1, 0.15) is 5.75 Å². The highest BCUT2D eigenvalue weighted by Gasteiger charge is 2.25. The predicted molar refractivity (Wildman–Crippen MR) is 68.0 cm³/mol. The summed E-state index contributed by atoms with van der Waals surface area (Å²) in [5, 5.41) is 8.88. The Hall–Kier alpha value is -2.70. The minimum Gasteiger partial charge on any atom is -0.478 e. The first-order valence-corrected chi connectivity index (χ1v) is 6.08. The Morgan fingerprint density at radius 3 is 2.90 bits per heavy atom. The van der Waals surface area contributed by atoms with Gasteiger partial charge in [0.05, 0.1) is 11.8 Å². The van der Waals surface area contributed by atoms with E-state index < -0.39 is 5.97 Å². The van der Waals surface area contributed by atoms with Gasteiger partial charge >= 0.3 is 11.5 Å². The summed E-state index contributed by atoms with van der Waals surface area (Å²) in [6.07, 6.45) is 7.60. The van der Waals surface area contributed by atoms with E-state index in [1.165, 1.54) is 24.7 Å². The van der Waals surface area contributed by atoms with Crippen molar-refractivity contribution in [3.8, 4) is 11.6 Å². The van der Waals surface area contributed by atoms with Gasteiger partial charge in [0.2, 0.25) is 0 Å². The first-order chi connectivity index (χ1) is 9.65. The summed E-state index contributed by atoms with van der Waals surface area (Å²) in [5.74, 6) is -1.02. The molecule has 7 nitrogen and oxygen atoms in total. The summed E-state index contributed by atoms with van der Waals surface area (Å²) in [7, 11) is 0. The van der Waals surface area contributed by atoms with Crippen LogP contribution in [0.5, 0.6) is 11.6 Å². The molecular formula is C13H11N3O4. The summed E-state index contributed by atoms with van der Waals surface area (Å²) < 4.78 is 6.93. The molecule has 1 aliphatic rings. The topological polar surface area (TPSA) is 94.3 Å². The first kappa shape index (κ1) is 12.3. The van der Waals surface area contributed by atoms with Crippen molar-refractivity contribution in [3.05, 3.63) is 46.8 Å². The van der Waals surface area contributed by atoms with E-state index in [0.29, 0.717) is 0 Å². The van der Waals surface area contributed by atoms with Crippen LogP contribution in [-0.2, 0) is 0 Å². The van der Waals surface area contributed by atoms with E-state index in [-0.39, 0.29) is 28.8 Å². The minimum atomic E-state index is -1.11. The molecule has 2 aromatic rings. The maximum absolute atomic E-state index is 12.1. The minimum absolute atomic E-state index is 0.0130. The number of pyridine rings is 1. The Kier molecular flexibility index (Phi) is 2.94. The van der Waals surface area contributed by atoms with E-state index >= 15 is 0 Å². The fourth-order valence-corrected chi connectivity index (χ4v) is 1.82. The van der Waals surface area contributed by atoms with E-state index in [9.17, 15) is 9.59 Å². The number of hydrogen-bond acceptors (Lipinski definition) is 5. The van der Waals surface area contributed by atoms with Crippen LogP contribution in [0.4, 0.5) is 0 Å². The molecule has 0 aliphatic heterocycles. The predicted octanol–water partition coefficient (Wildman–Crippen LogP) is 1.46. The number of rotatable bonds is 4. The lowest BCUT2D eigenvalue weighted by atomic mass is 10.3. The summed E-state index contributed by atoms with van der Waals surface area (Å²) in [6, 6.07) is 1.52. The molecule has 2 aromatic heterocycles. The maximum atomic E-state index is 12.1. The normalized spacial score (nSPS) is 14.0. The lowest BCUT2D eigenvalue weighted by Crippen LogP contribution is -2.20. The zero-order chi connectivity index (χ0) is 14.1. The average molecular weight is 273 g/mol. The number of carboxylic acids is 1. The molecule has 0 saturated heterocycles. The molecule has 0 radical (unpaired) electrons. The standard InChI is InChI=1S/C13H11N3O4/c17-12-11(15-3-4-16(12)9-1-2-9)20-10-5-8(13(18)19)6-14-7-10/h3-7,9H,1-2H2,(H,18,19). The van der Waals surface area contributed by atoms with E-state index in [1.54, 1.807) is 10.8 Å². The molecule has 1 fully saturated rings. The van der Waals surface area contributed by atoms with Crippen LogP contribution in [0.2, 0.25) is 0 Å². The Labute approximate surface area is 113 Å². The van der Waals surface area contributed by atoms with E-state index in [2.05, 4.69) is 9.97 Å². The van der Waals surface area contributed by atoms with E-state index in [0.717, 1.165) is 12.8 Å². The summed E-state index contributed by atoms with van der Waals surface area (Å²) in [6.45, 7) is 0. The number of ether oxygens (including phenoxy) is 1. The van der Waals surface area contributed by atoms with E-state index in [1.807, 2.05) is 0 Å². The third-order valence-corrected chi connectivity index (χ3v) is 2.95. The molecule has 0 amide bonds. The molecule has 3 rings (SSSR count). The molecule has 0 unspecified atom stereocenters. The molecule has 102 valence electrons. The Balaban J connectivity index is 1.91. The maximum Gasteiger partial charge on any atom is 0.337 e. The van der Waals surface area contributed by atoms with Gasteiger partial charge < -0.3 is 14.4 Å². The molecule has 0 bridgehead atoms. The van der Waals surface area contributed by atoms with Crippen LogP contribution < -0.4 is 10.3 Å². The number of aromatic carboxylic acids is 1. The van der Waals surface area contributed by atoms with Crippen molar-refractivity contribution in [1.82, 2.24) is 14.5 Å². The number of nitrogens with zero attached hydrogens (tertiary/aromatic N) is 3. The van der Waals surface area contributed by atoms with Crippen LogP contribution in [0.3, 0.4) is 0 Å². The largest absolute Gasteiger partial charge is 0.478 e. The molecule has 1 aliphatic carbocycles. The van der Waals surface area contributed by atoms with Crippen molar-refractivity contribution >= 4 is 5.97 Å². The smallest absolute Gasteiger partial charge is 0.337 e. The van der Waals surface area contributed by atoms with Crippen LogP contribution in [0, 0.1) is 0 Å². The number of carbonyl (C=O) groups is 1. The van der Waals surface area contributed by atoms with Crippen molar-refractivity contribution in [2.75, 3.05) is 0 Å². The molecule has 1 saturated carbocycles. The van der Waals surface area contributed by atoms with Crippen LogP contribution >= 0.6 is 0 Å². The molecule has 2 heterocycles. The van der Waals surface area contributed by atoms with E-state index in [4.69, 9.17) is 9.84 Å². The molecule has 0 spiro atoms. The summed E-state index contributed by atoms with van der Waals surface area (Å²) in [5.41, 5.74) is -0.336. The lowest BCUT2D eigenvalue weighted by molar-refractivity contribution is 0.0696. The average Bonchev–Trinajstić information content (AvgIpc) is 3.26. The van der Waals surface area contributed by atoms with Crippen molar-refractivity contribution in [3.63, 3.8) is 0 Å². The number of hydrogen-bond donors (Lipinski definition) is 1. The fourth-order valence-electron chi connectivity index (χ4n) is 1.82. The zero-order valence-corrected chi connectivity index (χ0v) is 10.4. The number of aromatic nitrogens is 3. The van der Waals surface area contributed by atoms with Crippen LogP contribution in [-0.4, -0.2) is 25.6 Å². The lowest BCUT2D eigenvalue weighted by Gasteiger charge is -2.07. The van der Waals surface area contributed by atoms with Gasteiger partial charge in [0, 0.05) is 24.6 Å². The number of carboxylic acid groups (broad SMARTS) is 1. The van der Waals surface area contributed by atoms with Gasteiger partial charge in [-0.05, 0) is 18.9 Å². The van der Waals surface area contributed by atoms with Crippen LogP contribution in [0.1, 0.15) is 29.2 Å². The summed E-state index contributed by atoms with van der Waals surface area (Å²) >= 11 is 0. The second-order valence-electron chi connectivity index (χ2n) is 4.49. The van der Waals surface area contributed by atoms with Gasteiger partial charge in [-0.1, -0.05) is 0 Å². The molecule has 1 N–H and O–H groups in total. The van der Waals surface area contributed by atoms with Crippen molar-refractivity contribution in [2.45, 2.75) is 18.9 Å². The van der Waals surface area contributed by atoms with Crippen LogP contribution in [0.15, 0.2) is 35.6 Å². The monoisotopic (exact) mass is 273 g/mol. The fraction of sp³-hybridized carbons (Fsp3) is 0.231. The van der Waals surface area contributed by atoms with Crippen molar-refractivity contribution in [2.24, 2.45) is 0 Å². The van der Waals surface area contributed by atoms with Gasteiger partial charge in [0.15, 0.2) is 0 Å². The van der Waals surface area contributed by atoms with Crippen LogP contribution in [0.25, 0.3) is 0 Å². The third kappa shape index (κ3) is 2.37. The quantitative estimate of drug-likeness (QED) is 0.906. The van der Waals surface area contributed by atoms with Gasteiger partial charge in [-0.15, -0.1) is 0 Å². The highest BCUT2D eigenvalue weighted by molar-refractivity contribution is 5.87. The van der Waals surface area contributed by atoms with Crippen molar-refractivity contribution in [1.29, 1.82) is 0 Å².